The third-order valence-corrected chi connectivity index (χ3v) is 3.73. The second kappa shape index (κ2) is 6.55. The van der Waals surface area contributed by atoms with Crippen LogP contribution in [0.2, 0.25) is 0 Å². The first-order valence-corrected chi connectivity index (χ1v) is 7.34. The summed E-state index contributed by atoms with van der Waals surface area (Å²) in [6.45, 7) is 6.21. The highest BCUT2D eigenvalue weighted by atomic mass is 16.2. The number of carbonyl (C=O) groups is 1. The first kappa shape index (κ1) is 15.9. The zero-order valence-electron chi connectivity index (χ0n) is 13.3. The first-order chi connectivity index (χ1) is 10.5. The Labute approximate surface area is 129 Å². The van der Waals surface area contributed by atoms with Crippen LogP contribution in [0.1, 0.15) is 48.2 Å². The highest BCUT2D eigenvalue weighted by Gasteiger charge is 2.20. The van der Waals surface area contributed by atoms with Crippen molar-refractivity contribution >= 4 is 5.91 Å². The van der Waals surface area contributed by atoms with Crippen LogP contribution in [0.15, 0.2) is 23.3 Å². The number of pyridine rings is 1. The number of aryl methyl sites for hydroxylation is 2. The second-order valence-corrected chi connectivity index (χ2v) is 5.11. The van der Waals surface area contributed by atoms with Gasteiger partial charge in [-0.05, 0) is 32.4 Å². The van der Waals surface area contributed by atoms with Gasteiger partial charge >= 0.3 is 0 Å². The van der Waals surface area contributed by atoms with Gasteiger partial charge in [0, 0.05) is 19.3 Å². The molecule has 0 saturated carbocycles. The fourth-order valence-electron chi connectivity index (χ4n) is 2.44. The third kappa shape index (κ3) is 2.93. The molecule has 2 heterocycles. The molecular formula is C15H21N5O2. The number of aromatic nitrogens is 4. The van der Waals surface area contributed by atoms with Crippen LogP contribution in [0, 0.1) is 6.92 Å². The van der Waals surface area contributed by atoms with Gasteiger partial charge in [-0.1, -0.05) is 6.92 Å². The smallest absolute Gasteiger partial charge is 0.263 e. The fraction of sp³-hybridized carbons (Fsp3) is 0.467. The Morgan fingerprint density at radius 3 is 2.64 bits per heavy atom. The average Bonchev–Trinajstić information content (AvgIpc) is 2.91. The van der Waals surface area contributed by atoms with Crippen LogP contribution in [0.5, 0.6) is 0 Å². The van der Waals surface area contributed by atoms with Crippen molar-refractivity contribution in [1.29, 1.82) is 0 Å². The fourth-order valence-corrected chi connectivity index (χ4v) is 2.44. The zero-order valence-corrected chi connectivity index (χ0v) is 13.3. The summed E-state index contributed by atoms with van der Waals surface area (Å²) in [5, 5.41) is 6.87. The molecule has 7 heteroatoms. The van der Waals surface area contributed by atoms with Crippen LogP contribution in [0.25, 0.3) is 0 Å². The van der Waals surface area contributed by atoms with E-state index in [0.717, 1.165) is 5.69 Å². The minimum Gasteiger partial charge on any atom is -0.342 e. The van der Waals surface area contributed by atoms with Crippen molar-refractivity contribution in [3.63, 3.8) is 0 Å². The maximum atomic E-state index is 12.4. The lowest BCUT2D eigenvalue weighted by Crippen LogP contribution is -2.36. The highest BCUT2D eigenvalue weighted by Crippen LogP contribution is 2.13. The van der Waals surface area contributed by atoms with Gasteiger partial charge in [-0.2, -0.15) is 5.10 Å². The molecule has 0 aromatic carbocycles. The molecule has 0 fully saturated rings. The number of hydrogen-bond acceptors (Lipinski definition) is 4. The van der Waals surface area contributed by atoms with Crippen LogP contribution in [-0.4, -0.2) is 25.2 Å². The second-order valence-electron chi connectivity index (χ2n) is 5.11. The highest BCUT2D eigenvalue weighted by molar-refractivity contribution is 5.94. The van der Waals surface area contributed by atoms with E-state index >= 15 is 0 Å². The molecule has 7 nitrogen and oxygen atoms in total. The summed E-state index contributed by atoms with van der Waals surface area (Å²) in [6, 6.07) is 3.07. The summed E-state index contributed by atoms with van der Waals surface area (Å²) in [5.41, 5.74) is 0.713. The third-order valence-electron chi connectivity index (χ3n) is 3.73. The van der Waals surface area contributed by atoms with E-state index in [1.165, 1.54) is 6.33 Å². The number of hydrogen-bond donors (Lipinski definition) is 1. The summed E-state index contributed by atoms with van der Waals surface area (Å²) < 4.78 is 3.20. The van der Waals surface area contributed by atoms with E-state index in [1.807, 2.05) is 20.8 Å². The van der Waals surface area contributed by atoms with E-state index in [0.29, 0.717) is 18.8 Å². The van der Waals surface area contributed by atoms with E-state index < -0.39 is 0 Å². The van der Waals surface area contributed by atoms with Crippen molar-refractivity contribution in [2.75, 3.05) is 0 Å². The molecule has 0 spiro atoms. The number of rotatable bonds is 5. The number of carbonyl (C=O) groups excluding carboxylic acids is 1. The van der Waals surface area contributed by atoms with Gasteiger partial charge in [-0.25, -0.2) is 4.98 Å². The summed E-state index contributed by atoms with van der Waals surface area (Å²) in [6.07, 6.45) is 2.10. The van der Waals surface area contributed by atoms with E-state index in [2.05, 4.69) is 15.4 Å². The van der Waals surface area contributed by atoms with Crippen LogP contribution in [0.3, 0.4) is 0 Å². The molecular weight excluding hydrogens is 282 g/mol. The van der Waals surface area contributed by atoms with Gasteiger partial charge in [0.1, 0.15) is 17.7 Å². The molecule has 2 aromatic heterocycles. The van der Waals surface area contributed by atoms with Crippen molar-refractivity contribution in [2.45, 2.75) is 39.8 Å². The average molecular weight is 303 g/mol. The van der Waals surface area contributed by atoms with Crippen molar-refractivity contribution in [1.82, 2.24) is 24.6 Å². The maximum absolute atomic E-state index is 12.4. The standard InChI is InChI=1S/C15H21N5O2/c1-5-12(13-16-9-17-19(13)4)18-14(21)11-8-7-10(3)20(6-2)15(11)22/h7-9,12H,5-6H2,1-4H3,(H,18,21)/t12-/m0/s1. The van der Waals surface area contributed by atoms with Gasteiger partial charge < -0.3 is 9.88 Å². The molecule has 1 amide bonds. The molecule has 0 aliphatic rings. The molecule has 0 aliphatic heterocycles. The van der Waals surface area contributed by atoms with E-state index in [9.17, 15) is 9.59 Å². The van der Waals surface area contributed by atoms with Gasteiger partial charge in [-0.3, -0.25) is 14.3 Å². The molecule has 22 heavy (non-hydrogen) atoms. The van der Waals surface area contributed by atoms with E-state index in [4.69, 9.17) is 0 Å². The monoisotopic (exact) mass is 303 g/mol. The maximum Gasteiger partial charge on any atom is 0.263 e. The Balaban J connectivity index is 2.29. The predicted octanol–water partition coefficient (Wildman–Crippen LogP) is 1.19. The Kier molecular flexibility index (Phi) is 4.75. The van der Waals surface area contributed by atoms with Gasteiger partial charge in [0.15, 0.2) is 0 Å². The molecule has 2 aromatic rings. The first-order valence-electron chi connectivity index (χ1n) is 7.34. The van der Waals surface area contributed by atoms with Crippen LogP contribution in [0.4, 0.5) is 0 Å². The molecule has 2 rings (SSSR count). The normalized spacial score (nSPS) is 12.2. The molecule has 0 saturated heterocycles. The van der Waals surface area contributed by atoms with E-state index in [1.54, 1.807) is 28.4 Å². The van der Waals surface area contributed by atoms with Gasteiger partial charge in [0.2, 0.25) is 0 Å². The van der Waals surface area contributed by atoms with Crippen LogP contribution in [-0.2, 0) is 13.6 Å². The summed E-state index contributed by atoms with van der Waals surface area (Å²) >= 11 is 0. The van der Waals surface area contributed by atoms with Crippen molar-refractivity contribution in [3.8, 4) is 0 Å². The molecule has 1 N–H and O–H groups in total. The molecule has 0 aliphatic carbocycles. The minimum absolute atomic E-state index is 0.146. The summed E-state index contributed by atoms with van der Waals surface area (Å²) in [7, 11) is 1.77. The van der Waals surface area contributed by atoms with E-state index in [-0.39, 0.29) is 23.1 Å². The van der Waals surface area contributed by atoms with Crippen molar-refractivity contribution in [2.24, 2.45) is 7.05 Å². The largest absolute Gasteiger partial charge is 0.342 e. The van der Waals surface area contributed by atoms with Crippen molar-refractivity contribution in [3.05, 3.63) is 45.9 Å². The molecule has 118 valence electrons. The Hall–Kier alpha value is -2.44. The number of nitrogens with one attached hydrogen (secondary N) is 1. The van der Waals surface area contributed by atoms with Gasteiger partial charge in [0.25, 0.3) is 11.5 Å². The topological polar surface area (TPSA) is 81.8 Å². The van der Waals surface area contributed by atoms with Crippen LogP contribution < -0.4 is 10.9 Å². The quantitative estimate of drug-likeness (QED) is 0.899. The lowest BCUT2D eigenvalue weighted by Gasteiger charge is -2.16. The minimum atomic E-state index is -0.387. The lowest BCUT2D eigenvalue weighted by atomic mass is 10.1. The Morgan fingerprint density at radius 2 is 2.09 bits per heavy atom. The molecule has 0 bridgehead atoms. The van der Waals surface area contributed by atoms with Gasteiger partial charge in [0.05, 0.1) is 6.04 Å². The zero-order chi connectivity index (χ0) is 16.3. The number of nitrogens with zero attached hydrogens (tertiary/aromatic N) is 4. The predicted molar refractivity (Wildman–Crippen MR) is 82.6 cm³/mol. The van der Waals surface area contributed by atoms with Gasteiger partial charge in [-0.15, -0.1) is 0 Å². The Bertz CT molecular complexity index is 732. The summed E-state index contributed by atoms with van der Waals surface area (Å²) in [4.78, 5) is 29.0. The van der Waals surface area contributed by atoms with Crippen LogP contribution >= 0.6 is 0 Å². The lowest BCUT2D eigenvalue weighted by molar-refractivity contribution is 0.0931. The molecule has 1 atom stereocenters. The molecule has 0 radical (unpaired) electrons. The molecule has 0 unspecified atom stereocenters. The Morgan fingerprint density at radius 1 is 1.36 bits per heavy atom. The SMILES string of the molecule is CC[C@H](NC(=O)c1ccc(C)n(CC)c1=O)c1ncnn1C. The summed E-state index contributed by atoms with van der Waals surface area (Å²) in [5.74, 6) is 0.279. The van der Waals surface area contributed by atoms with Crippen molar-refractivity contribution < 1.29 is 4.79 Å². The number of amides is 1.